The molecule has 5 heteroatoms. The van der Waals surface area contributed by atoms with Crippen molar-refractivity contribution < 1.29 is 4.42 Å². The van der Waals surface area contributed by atoms with E-state index in [1.54, 1.807) is 0 Å². The molecule has 1 unspecified atom stereocenters. The first-order chi connectivity index (χ1) is 26.5. The fourth-order valence-electron chi connectivity index (χ4n) is 8.66. The summed E-state index contributed by atoms with van der Waals surface area (Å²) in [6.45, 7) is 4.62. The maximum Gasteiger partial charge on any atom is 0.159 e. The number of nitrogens with zero attached hydrogens (tertiary/aromatic N) is 3. The minimum atomic E-state index is -0.342. The van der Waals surface area contributed by atoms with Crippen LogP contribution in [-0.4, -0.2) is 16.7 Å². The summed E-state index contributed by atoms with van der Waals surface area (Å²) in [5.74, 6) is 1.45. The SMILES string of the molecule is CC1(C)c2ccccc2-c2cc(C3N=C(c4ccccc4)N=C(c4ccc5c(c4)nc(-c4ccccc4)c4ccc6oc7ccccc7c6c45)N3)ccc21. The zero-order valence-corrected chi connectivity index (χ0v) is 29.8. The third-order valence-corrected chi connectivity index (χ3v) is 11.3. The van der Waals surface area contributed by atoms with Gasteiger partial charge in [-0.25, -0.2) is 15.0 Å². The lowest BCUT2D eigenvalue weighted by molar-refractivity contribution is 0.654. The summed E-state index contributed by atoms with van der Waals surface area (Å²) in [6.07, 6.45) is -0.342. The van der Waals surface area contributed by atoms with Crippen LogP contribution in [0.3, 0.4) is 0 Å². The summed E-state index contributed by atoms with van der Waals surface area (Å²) < 4.78 is 6.38. The number of amidine groups is 2. The number of pyridine rings is 1. The van der Waals surface area contributed by atoms with Crippen LogP contribution in [0.25, 0.3) is 66.0 Å². The van der Waals surface area contributed by atoms with Crippen LogP contribution in [0.2, 0.25) is 0 Å². The molecule has 7 aromatic carbocycles. The molecule has 9 aromatic rings. The van der Waals surface area contributed by atoms with E-state index in [0.717, 1.165) is 77.4 Å². The molecule has 1 aliphatic heterocycles. The van der Waals surface area contributed by atoms with Gasteiger partial charge in [0.05, 0.1) is 11.2 Å². The van der Waals surface area contributed by atoms with Crippen LogP contribution in [0.15, 0.2) is 172 Å². The normalized spacial score (nSPS) is 15.9. The van der Waals surface area contributed by atoms with Crippen molar-refractivity contribution in [3.05, 3.63) is 186 Å². The zero-order valence-electron chi connectivity index (χ0n) is 29.8. The van der Waals surface area contributed by atoms with E-state index in [2.05, 4.69) is 140 Å². The fraction of sp³-hybridized carbons (Fsp3) is 0.0816. The Morgan fingerprint density at radius 3 is 2.13 bits per heavy atom. The van der Waals surface area contributed by atoms with Gasteiger partial charge in [-0.1, -0.05) is 141 Å². The Bertz CT molecular complexity index is 3050. The van der Waals surface area contributed by atoms with Gasteiger partial charge in [-0.2, -0.15) is 0 Å². The van der Waals surface area contributed by atoms with Crippen molar-refractivity contribution in [2.24, 2.45) is 9.98 Å². The van der Waals surface area contributed by atoms with Crippen molar-refractivity contribution in [2.75, 3.05) is 0 Å². The third-order valence-electron chi connectivity index (χ3n) is 11.3. The van der Waals surface area contributed by atoms with Crippen molar-refractivity contribution in [1.29, 1.82) is 0 Å². The average Bonchev–Trinajstić information content (AvgIpc) is 3.72. The first kappa shape index (κ1) is 30.7. The van der Waals surface area contributed by atoms with Gasteiger partial charge in [0.2, 0.25) is 0 Å². The van der Waals surface area contributed by atoms with Gasteiger partial charge in [-0.05, 0) is 58.1 Å². The van der Waals surface area contributed by atoms with Gasteiger partial charge >= 0.3 is 0 Å². The molecule has 54 heavy (non-hydrogen) atoms. The molecule has 11 rings (SSSR count). The summed E-state index contributed by atoms with van der Waals surface area (Å²) in [4.78, 5) is 15.8. The fourth-order valence-corrected chi connectivity index (χ4v) is 8.66. The van der Waals surface area contributed by atoms with Crippen LogP contribution in [0.4, 0.5) is 0 Å². The zero-order chi connectivity index (χ0) is 36.0. The molecule has 0 saturated carbocycles. The van der Waals surface area contributed by atoms with E-state index in [1.165, 1.54) is 22.3 Å². The highest BCUT2D eigenvalue weighted by Crippen LogP contribution is 2.49. The molecule has 3 heterocycles. The van der Waals surface area contributed by atoms with Crippen LogP contribution < -0.4 is 5.32 Å². The van der Waals surface area contributed by atoms with Crippen molar-refractivity contribution in [2.45, 2.75) is 25.4 Å². The van der Waals surface area contributed by atoms with Crippen molar-refractivity contribution >= 4 is 55.3 Å². The number of aliphatic imine (C=N–C) groups is 2. The maximum atomic E-state index is 6.38. The number of benzene rings is 7. The molecule has 0 spiro atoms. The Labute approximate surface area is 312 Å². The number of rotatable bonds is 4. The number of furan rings is 1. The number of hydrogen-bond acceptors (Lipinski definition) is 5. The minimum Gasteiger partial charge on any atom is -0.456 e. The van der Waals surface area contributed by atoms with Crippen molar-refractivity contribution in [1.82, 2.24) is 10.3 Å². The smallest absolute Gasteiger partial charge is 0.159 e. The van der Waals surface area contributed by atoms with E-state index in [4.69, 9.17) is 19.4 Å². The van der Waals surface area contributed by atoms with Crippen molar-refractivity contribution in [3.63, 3.8) is 0 Å². The molecule has 0 fully saturated rings. The maximum absolute atomic E-state index is 6.38. The summed E-state index contributed by atoms with van der Waals surface area (Å²) in [6, 6.07) is 55.3. The lowest BCUT2D eigenvalue weighted by Crippen LogP contribution is -2.33. The van der Waals surface area contributed by atoms with Gasteiger partial charge in [0, 0.05) is 49.0 Å². The molecule has 256 valence electrons. The highest BCUT2D eigenvalue weighted by molar-refractivity contribution is 6.28. The van der Waals surface area contributed by atoms with E-state index in [0.29, 0.717) is 5.84 Å². The van der Waals surface area contributed by atoms with Crippen molar-refractivity contribution in [3.8, 4) is 22.4 Å². The van der Waals surface area contributed by atoms with Crippen LogP contribution in [-0.2, 0) is 5.41 Å². The van der Waals surface area contributed by atoms with Crippen LogP contribution in [0.5, 0.6) is 0 Å². The Kier molecular flexibility index (Phi) is 6.59. The van der Waals surface area contributed by atoms with E-state index in [-0.39, 0.29) is 11.6 Å². The molecule has 5 nitrogen and oxygen atoms in total. The van der Waals surface area contributed by atoms with Gasteiger partial charge in [-0.15, -0.1) is 0 Å². The quantitative estimate of drug-likeness (QED) is 0.187. The first-order valence-electron chi connectivity index (χ1n) is 18.5. The lowest BCUT2D eigenvalue weighted by atomic mass is 9.82. The Hall–Kier alpha value is -6.85. The second kappa shape index (κ2) is 11.6. The van der Waals surface area contributed by atoms with Gasteiger partial charge < -0.3 is 9.73 Å². The monoisotopic (exact) mass is 694 g/mol. The topological polar surface area (TPSA) is 62.8 Å². The standard InChI is InChI=1S/C49H34N4O/c1-49(2)38-19-11-9-17-33(38)37-27-31(22-25-39(37)49)47-51-46(30-15-7-4-8-16-30)52-48(53-47)32-21-23-34-40(28-32)50-45(29-13-5-3-6-14-29)36-24-26-42-44(43(34)36)35-18-10-12-20-41(35)54-42/h3-28,47H,1-2H3,(H,51,52,53). The number of hydrogen-bond donors (Lipinski definition) is 1. The highest BCUT2D eigenvalue weighted by Gasteiger charge is 2.36. The van der Waals surface area contributed by atoms with E-state index >= 15 is 0 Å². The molecule has 2 aromatic heterocycles. The second-order valence-electron chi connectivity index (χ2n) is 14.8. The summed E-state index contributed by atoms with van der Waals surface area (Å²) in [5.41, 5.74) is 12.8. The molecule has 0 bridgehead atoms. The van der Waals surface area contributed by atoms with Crippen LogP contribution >= 0.6 is 0 Å². The minimum absolute atomic E-state index is 0.0648. The van der Waals surface area contributed by atoms with Crippen LogP contribution in [0, 0.1) is 0 Å². The summed E-state index contributed by atoms with van der Waals surface area (Å²) in [7, 11) is 0. The predicted octanol–water partition coefficient (Wildman–Crippen LogP) is 11.8. The molecule has 0 amide bonds. The average molecular weight is 695 g/mol. The molecule has 2 aliphatic rings. The largest absolute Gasteiger partial charge is 0.456 e. The first-order valence-corrected chi connectivity index (χ1v) is 18.5. The van der Waals surface area contributed by atoms with Gasteiger partial charge in [0.25, 0.3) is 0 Å². The number of nitrogens with one attached hydrogen (secondary N) is 1. The van der Waals surface area contributed by atoms with Crippen LogP contribution in [0.1, 0.15) is 47.8 Å². The van der Waals surface area contributed by atoms with E-state index in [1.807, 2.05) is 36.4 Å². The second-order valence-corrected chi connectivity index (χ2v) is 14.8. The number of fused-ring (bicyclic) bond motifs is 10. The molecular weight excluding hydrogens is 661 g/mol. The lowest BCUT2D eigenvalue weighted by Gasteiger charge is -2.25. The number of aromatic nitrogens is 1. The molecular formula is C49H34N4O. The number of para-hydroxylation sites is 1. The Balaban J connectivity index is 1.10. The van der Waals surface area contributed by atoms with E-state index < -0.39 is 0 Å². The molecule has 1 N–H and O–H groups in total. The third kappa shape index (κ3) is 4.61. The van der Waals surface area contributed by atoms with Gasteiger partial charge in [0.15, 0.2) is 5.84 Å². The molecule has 0 radical (unpaired) electrons. The Morgan fingerprint density at radius 2 is 1.28 bits per heavy atom. The summed E-state index contributed by atoms with van der Waals surface area (Å²) >= 11 is 0. The summed E-state index contributed by atoms with van der Waals surface area (Å²) in [5, 5.41) is 9.23. The van der Waals surface area contributed by atoms with Gasteiger partial charge in [0.1, 0.15) is 23.2 Å². The molecule has 1 aliphatic carbocycles. The molecule has 1 atom stereocenters. The highest BCUT2D eigenvalue weighted by atomic mass is 16.3. The van der Waals surface area contributed by atoms with E-state index in [9.17, 15) is 0 Å². The Morgan fingerprint density at radius 1 is 0.556 bits per heavy atom. The van der Waals surface area contributed by atoms with Gasteiger partial charge in [-0.3, -0.25) is 0 Å². The molecule has 0 saturated heterocycles. The predicted molar refractivity (Wildman–Crippen MR) is 221 cm³/mol.